The number of ether oxygens (including phenoxy) is 4. The van der Waals surface area contributed by atoms with Gasteiger partial charge in [0.05, 0.1) is 55.5 Å². The van der Waals surface area contributed by atoms with Crippen molar-refractivity contribution in [3.63, 3.8) is 0 Å². The van der Waals surface area contributed by atoms with Crippen molar-refractivity contribution in [3.05, 3.63) is 91.0 Å². The second kappa shape index (κ2) is 11.5. The Kier molecular flexibility index (Phi) is 8.24. The lowest BCUT2D eigenvalue weighted by atomic mass is 10.0. The maximum absolute atomic E-state index is 11.7. The summed E-state index contributed by atoms with van der Waals surface area (Å²) in [7, 11) is 6.05. The standard InChI is InChI=1S/C26H24N2O8/c1-33-21-11-9-17(25(14-21)35-3)5-7-19-13-20(24(28(31)32)16-23(19)27(29)30)8-6-18-10-12-22(34-2)15-26(18)36-4/h5-16H,1-4H3/b7-5+,8-6+. The maximum atomic E-state index is 11.7. The first kappa shape index (κ1) is 25.8. The zero-order valence-corrected chi connectivity index (χ0v) is 20.1. The molecule has 10 nitrogen and oxygen atoms in total. The van der Waals surface area contributed by atoms with Gasteiger partial charge < -0.3 is 18.9 Å². The lowest BCUT2D eigenvalue weighted by molar-refractivity contribution is -0.394. The summed E-state index contributed by atoms with van der Waals surface area (Å²) in [5, 5.41) is 23.4. The van der Waals surface area contributed by atoms with Crippen LogP contribution in [0.3, 0.4) is 0 Å². The van der Waals surface area contributed by atoms with E-state index >= 15 is 0 Å². The van der Waals surface area contributed by atoms with Gasteiger partial charge in [0.25, 0.3) is 11.4 Å². The highest BCUT2D eigenvalue weighted by Crippen LogP contribution is 2.34. The zero-order valence-electron chi connectivity index (χ0n) is 20.1. The molecule has 0 aliphatic rings. The maximum Gasteiger partial charge on any atom is 0.283 e. The Morgan fingerprint density at radius 3 is 1.28 bits per heavy atom. The summed E-state index contributed by atoms with van der Waals surface area (Å²) in [6.07, 6.45) is 6.29. The van der Waals surface area contributed by atoms with Crippen molar-refractivity contribution < 1.29 is 28.8 Å². The average molecular weight is 492 g/mol. The van der Waals surface area contributed by atoms with Crippen LogP contribution in [0.5, 0.6) is 23.0 Å². The molecule has 0 aliphatic carbocycles. The van der Waals surface area contributed by atoms with E-state index in [-0.39, 0.29) is 11.1 Å². The van der Waals surface area contributed by atoms with Gasteiger partial charge in [-0.2, -0.15) is 0 Å². The van der Waals surface area contributed by atoms with Crippen molar-refractivity contribution in [2.75, 3.05) is 28.4 Å². The van der Waals surface area contributed by atoms with Gasteiger partial charge in [-0.1, -0.05) is 12.2 Å². The highest BCUT2D eigenvalue weighted by molar-refractivity contribution is 5.83. The fourth-order valence-corrected chi connectivity index (χ4v) is 3.47. The molecule has 3 aromatic carbocycles. The fourth-order valence-electron chi connectivity index (χ4n) is 3.47. The van der Waals surface area contributed by atoms with Crippen LogP contribution in [0.2, 0.25) is 0 Å². The fraction of sp³-hybridized carbons (Fsp3) is 0.154. The van der Waals surface area contributed by atoms with E-state index in [1.807, 2.05) is 0 Å². The molecule has 0 saturated carbocycles. The normalized spacial score (nSPS) is 11.0. The molecule has 3 aromatic rings. The highest BCUT2D eigenvalue weighted by atomic mass is 16.6. The van der Waals surface area contributed by atoms with Gasteiger partial charge in [0.1, 0.15) is 23.0 Å². The summed E-state index contributed by atoms with van der Waals surface area (Å²) < 4.78 is 21.1. The Balaban J connectivity index is 2.10. The van der Waals surface area contributed by atoms with Gasteiger partial charge in [0, 0.05) is 23.3 Å². The van der Waals surface area contributed by atoms with E-state index in [0.717, 1.165) is 6.07 Å². The third kappa shape index (κ3) is 5.79. The smallest absolute Gasteiger partial charge is 0.283 e. The summed E-state index contributed by atoms with van der Waals surface area (Å²) >= 11 is 0. The van der Waals surface area contributed by atoms with Crippen molar-refractivity contribution in [2.45, 2.75) is 0 Å². The highest BCUT2D eigenvalue weighted by Gasteiger charge is 2.22. The van der Waals surface area contributed by atoms with E-state index < -0.39 is 21.2 Å². The van der Waals surface area contributed by atoms with Crippen LogP contribution < -0.4 is 18.9 Å². The summed E-state index contributed by atoms with van der Waals surface area (Å²) in [4.78, 5) is 22.1. The molecule has 0 heterocycles. The number of rotatable bonds is 10. The molecule has 0 fully saturated rings. The molecule has 0 N–H and O–H groups in total. The summed E-state index contributed by atoms with van der Waals surface area (Å²) in [6.45, 7) is 0. The van der Waals surface area contributed by atoms with Crippen molar-refractivity contribution in [2.24, 2.45) is 0 Å². The van der Waals surface area contributed by atoms with E-state index in [9.17, 15) is 20.2 Å². The first-order valence-electron chi connectivity index (χ1n) is 10.6. The number of hydrogen-bond donors (Lipinski definition) is 0. The Hall–Kier alpha value is -4.86. The van der Waals surface area contributed by atoms with Gasteiger partial charge >= 0.3 is 0 Å². The van der Waals surface area contributed by atoms with Crippen LogP contribution in [0.1, 0.15) is 22.3 Å². The number of nitrogens with zero attached hydrogens (tertiary/aromatic N) is 2. The molecule has 0 spiro atoms. The first-order chi connectivity index (χ1) is 17.3. The van der Waals surface area contributed by atoms with Crippen molar-refractivity contribution in [1.82, 2.24) is 0 Å². The quantitative estimate of drug-likeness (QED) is 0.195. The molecule has 0 bridgehead atoms. The molecule has 36 heavy (non-hydrogen) atoms. The molecule has 0 saturated heterocycles. The average Bonchev–Trinajstić information content (AvgIpc) is 2.89. The summed E-state index contributed by atoms with van der Waals surface area (Å²) in [5.74, 6) is 2.18. The predicted octanol–water partition coefficient (Wildman–Crippen LogP) is 5.88. The minimum atomic E-state index is -0.655. The lowest BCUT2D eigenvalue weighted by Gasteiger charge is -2.08. The molecule has 0 amide bonds. The Bertz CT molecular complexity index is 1250. The first-order valence-corrected chi connectivity index (χ1v) is 10.6. The molecule has 0 aromatic heterocycles. The van der Waals surface area contributed by atoms with Gasteiger partial charge in [-0.05, 0) is 42.5 Å². The number of benzene rings is 3. The molecule has 0 radical (unpaired) electrons. The topological polar surface area (TPSA) is 123 Å². The van der Waals surface area contributed by atoms with Crippen LogP contribution in [-0.2, 0) is 0 Å². The van der Waals surface area contributed by atoms with E-state index in [2.05, 4.69) is 0 Å². The summed E-state index contributed by atoms with van der Waals surface area (Å²) in [5.41, 5.74) is 0.862. The second-order valence-electron chi connectivity index (χ2n) is 7.37. The molecular weight excluding hydrogens is 468 g/mol. The van der Waals surface area contributed by atoms with Crippen LogP contribution in [-0.4, -0.2) is 38.3 Å². The van der Waals surface area contributed by atoms with E-state index in [0.29, 0.717) is 34.1 Å². The van der Waals surface area contributed by atoms with Gasteiger partial charge in [-0.15, -0.1) is 0 Å². The van der Waals surface area contributed by atoms with Gasteiger partial charge in [-0.25, -0.2) is 0 Å². The minimum absolute atomic E-state index is 0.185. The van der Waals surface area contributed by atoms with E-state index in [1.165, 1.54) is 46.7 Å². The number of methoxy groups -OCH3 is 4. The Labute approximate surface area is 207 Å². The van der Waals surface area contributed by atoms with Crippen LogP contribution in [0, 0.1) is 20.2 Å². The van der Waals surface area contributed by atoms with Crippen LogP contribution in [0.4, 0.5) is 11.4 Å². The Morgan fingerprint density at radius 2 is 0.944 bits per heavy atom. The minimum Gasteiger partial charge on any atom is -0.497 e. The SMILES string of the molecule is COc1ccc(/C=C/c2cc(/C=C/c3ccc(OC)cc3OC)c([N+](=O)[O-])cc2[N+](=O)[O-])c(OC)c1. The monoisotopic (exact) mass is 492 g/mol. The van der Waals surface area contributed by atoms with Crippen LogP contribution in [0.15, 0.2) is 48.5 Å². The summed E-state index contributed by atoms with van der Waals surface area (Å²) in [6, 6.07) is 12.6. The van der Waals surface area contributed by atoms with Gasteiger partial charge in [0.15, 0.2) is 0 Å². The van der Waals surface area contributed by atoms with Crippen molar-refractivity contribution in [3.8, 4) is 23.0 Å². The van der Waals surface area contributed by atoms with Gasteiger partial charge in [-0.3, -0.25) is 20.2 Å². The Morgan fingerprint density at radius 1 is 0.556 bits per heavy atom. The van der Waals surface area contributed by atoms with Crippen molar-refractivity contribution in [1.29, 1.82) is 0 Å². The molecule has 10 heteroatoms. The largest absolute Gasteiger partial charge is 0.497 e. The molecule has 0 atom stereocenters. The lowest BCUT2D eigenvalue weighted by Crippen LogP contribution is -1.98. The van der Waals surface area contributed by atoms with Crippen LogP contribution in [0.25, 0.3) is 24.3 Å². The molecule has 0 aliphatic heterocycles. The number of nitro benzene ring substituents is 2. The second-order valence-corrected chi connectivity index (χ2v) is 7.37. The van der Waals surface area contributed by atoms with Crippen LogP contribution >= 0.6 is 0 Å². The third-order valence-electron chi connectivity index (χ3n) is 5.34. The molecular formula is C26H24N2O8. The molecule has 186 valence electrons. The van der Waals surface area contributed by atoms with E-state index in [4.69, 9.17) is 18.9 Å². The molecule has 0 unspecified atom stereocenters. The predicted molar refractivity (Wildman–Crippen MR) is 137 cm³/mol. The third-order valence-corrected chi connectivity index (χ3v) is 5.34. The van der Waals surface area contributed by atoms with E-state index in [1.54, 1.807) is 48.6 Å². The van der Waals surface area contributed by atoms with Crippen molar-refractivity contribution >= 4 is 35.7 Å². The number of nitro groups is 2. The molecule has 3 rings (SSSR count). The van der Waals surface area contributed by atoms with Gasteiger partial charge in [0.2, 0.25) is 0 Å². The number of hydrogen-bond acceptors (Lipinski definition) is 8. The zero-order chi connectivity index (χ0) is 26.2.